The predicted octanol–water partition coefficient (Wildman–Crippen LogP) is 2.63. The zero-order chi connectivity index (χ0) is 16.4. The van der Waals surface area contributed by atoms with E-state index >= 15 is 0 Å². The average Bonchev–Trinajstić information content (AvgIpc) is 2.66. The molecule has 1 aliphatic rings. The fraction of sp³-hybridized carbons (Fsp3) is 0.400. The first kappa shape index (κ1) is 16.5. The van der Waals surface area contributed by atoms with Gasteiger partial charge >= 0.3 is 16.4 Å². The van der Waals surface area contributed by atoms with E-state index in [2.05, 4.69) is 6.58 Å². The lowest BCUT2D eigenvalue weighted by Crippen LogP contribution is -2.48. The smallest absolute Gasteiger partial charge is 0.426 e. The molecule has 1 aromatic rings. The predicted molar refractivity (Wildman–Crippen MR) is 81.2 cm³/mol. The maximum absolute atomic E-state index is 12.2. The van der Waals surface area contributed by atoms with E-state index in [-0.39, 0.29) is 13.2 Å². The number of benzene rings is 1. The largest absolute Gasteiger partial charge is 0.444 e. The van der Waals surface area contributed by atoms with Crippen molar-refractivity contribution >= 4 is 16.4 Å². The Balaban J connectivity index is 2.15. The topological polar surface area (TPSA) is 72.9 Å². The van der Waals surface area contributed by atoms with Crippen LogP contribution < -0.4 is 0 Å². The number of hydrogen-bond acceptors (Lipinski definition) is 5. The lowest BCUT2D eigenvalue weighted by molar-refractivity contribution is 0.0953. The third-order valence-electron chi connectivity index (χ3n) is 3.29. The van der Waals surface area contributed by atoms with Crippen LogP contribution in [0, 0.1) is 0 Å². The van der Waals surface area contributed by atoms with Crippen LogP contribution in [-0.4, -0.2) is 31.0 Å². The first-order valence-electron chi connectivity index (χ1n) is 6.79. The van der Waals surface area contributed by atoms with Gasteiger partial charge in [0.15, 0.2) is 0 Å². The second-order valence-corrected chi connectivity index (χ2v) is 7.11. The Bertz CT molecular complexity index is 670. The first-order valence-corrected chi connectivity index (χ1v) is 8.16. The van der Waals surface area contributed by atoms with E-state index in [9.17, 15) is 13.2 Å². The van der Waals surface area contributed by atoms with Crippen molar-refractivity contribution < 1.29 is 22.1 Å². The van der Waals surface area contributed by atoms with Crippen molar-refractivity contribution in [2.75, 3.05) is 6.61 Å². The van der Waals surface area contributed by atoms with Gasteiger partial charge < -0.3 is 4.74 Å². The van der Waals surface area contributed by atoms with Gasteiger partial charge in [-0.15, -0.1) is 6.58 Å². The Morgan fingerprint density at radius 1 is 1.41 bits per heavy atom. The number of carbonyl (C=O) groups is 1. The molecule has 0 saturated carbocycles. The Kier molecular flexibility index (Phi) is 4.58. The Hall–Kier alpha value is -1.86. The Morgan fingerprint density at radius 2 is 2.05 bits per heavy atom. The summed E-state index contributed by atoms with van der Waals surface area (Å²) in [5.41, 5.74) is 0.511. The van der Waals surface area contributed by atoms with Gasteiger partial charge in [0.1, 0.15) is 6.61 Å². The van der Waals surface area contributed by atoms with Crippen LogP contribution in [-0.2, 0) is 25.8 Å². The van der Waals surface area contributed by atoms with E-state index in [4.69, 9.17) is 8.92 Å². The summed E-state index contributed by atoms with van der Waals surface area (Å²) in [6.07, 6.45) is -0.628. The Labute approximate surface area is 130 Å². The number of nitrogens with zero attached hydrogens (tertiary/aromatic N) is 1. The average molecular weight is 325 g/mol. The summed E-state index contributed by atoms with van der Waals surface area (Å²) in [5, 5.41) is 0. The Morgan fingerprint density at radius 3 is 2.64 bits per heavy atom. The molecule has 0 bridgehead atoms. The molecule has 1 fully saturated rings. The first-order chi connectivity index (χ1) is 10.2. The van der Waals surface area contributed by atoms with Gasteiger partial charge in [-0.3, -0.25) is 4.18 Å². The van der Waals surface area contributed by atoms with E-state index in [1.165, 1.54) is 0 Å². The molecule has 0 radical (unpaired) electrons. The standard InChI is InChI=1S/C15H19NO5S/c1-12(2)9-15(3)11-21-22(18,19)16(15)14(17)20-10-13-7-5-4-6-8-13/h4-8H,1,9-11H2,2-3H3/t15-/m0/s1. The van der Waals surface area contributed by atoms with Crippen molar-refractivity contribution in [3.8, 4) is 0 Å². The molecule has 0 aliphatic carbocycles. The molecule has 120 valence electrons. The van der Waals surface area contributed by atoms with E-state index < -0.39 is 21.9 Å². The minimum atomic E-state index is -4.13. The summed E-state index contributed by atoms with van der Waals surface area (Å²) in [7, 11) is -4.13. The molecule has 22 heavy (non-hydrogen) atoms. The molecular weight excluding hydrogens is 306 g/mol. The van der Waals surface area contributed by atoms with Crippen molar-refractivity contribution in [1.82, 2.24) is 4.31 Å². The highest BCUT2D eigenvalue weighted by molar-refractivity contribution is 7.85. The lowest BCUT2D eigenvalue weighted by atomic mass is 9.95. The third kappa shape index (κ3) is 3.48. The normalized spacial score (nSPS) is 23.3. The number of ether oxygens (including phenoxy) is 1. The molecule has 2 rings (SSSR count). The molecule has 1 aliphatic heterocycles. The van der Waals surface area contributed by atoms with Gasteiger partial charge in [-0.25, -0.2) is 4.79 Å². The summed E-state index contributed by atoms with van der Waals surface area (Å²) in [6, 6.07) is 9.03. The molecule has 1 saturated heterocycles. The highest BCUT2D eigenvalue weighted by Gasteiger charge is 2.52. The maximum Gasteiger partial charge on any atom is 0.426 e. The zero-order valence-electron chi connectivity index (χ0n) is 12.6. The van der Waals surface area contributed by atoms with Gasteiger partial charge in [-0.05, 0) is 25.8 Å². The number of rotatable bonds is 4. The van der Waals surface area contributed by atoms with Crippen LogP contribution >= 0.6 is 0 Å². The molecule has 0 aromatic heterocycles. The van der Waals surface area contributed by atoms with Crippen LogP contribution in [0.5, 0.6) is 0 Å². The van der Waals surface area contributed by atoms with E-state index in [1.807, 2.05) is 18.2 Å². The molecule has 1 heterocycles. The van der Waals surface area contributed by atoms with Crippen molar-refractivity contribution in [3.63, 3.8) is 0 Å². The van der Waals surface area contributed by atoms with Crippen LogP contribution in [0.15, 0.2) is 42.5 Å². The van der Waals surface area contributed by atoms with Crippen molar-refractivity contribution in [3.05, 3.63) is 48.0 Å². The van der Waals surface area contributed by atoms with Crippen molar-refractivity contribution in [2.45, 2.75) is 32.4 Å². The summed E-state index contributed by atoms with van der Waals surface area (Å²) in [6.45, 7) is 7.06. The SMILES string of the molecule is C=C(C)C[C@@]1(C)COS(=O)(=O)N1C(=O)OCc1ccccc1. The quantitative estimate of drug-likeness (QED) is 0.796. The van der Waals surface area contributed by atoms with Crippen molar-refractivity contribution in [2.24, 2.45) is 0 Å². The highest BCUT2D eigenvalue weighted by atomic mass is 32.2. The minimum Gasteiger partial charge on any atom is -0.444 e. The second-order valence-electron chi connectivity index (χ2n) is 5.66. The van der Waals surface area contributed by atoms with E-state index in [1.54, 1.807) is 26.0 Å². The molecule has 0 spiro atoms. The molecule has 1 amide bonds. The second kappa shape index (κ2) is 6.10. The third-order valence-corrected chi connectivity index (χ3v) is 4.74. The minimum absolute atomic E-state index is 0.00511. The number of amides is 1. The molecular formula is C15H19NO5S. The highest BCUT2D eigenvalue weighted by Crippen LogP contribution is 2.34. The maximum atomic E-state index is 12.2. The zero-order valence-corrected chi connectivity index (χ0v) is 13.4. The summed E-state index contributed by atoms with van der Waals surface area (Å²) < 4.78 is 34.6. The van der Waals surface area contributed by atoms with Crippen LogP contribution in [0.4, 0.5) is 4.79 Å². The van der Waals surface area contributed by atoms with Gasteiger partial charge in [0.05, 0.1) is 12.1 Å². The molecule has 0 unspecified atom stereocenters. The molecule has 1 aromatic carbocycles. The summed E-state index contributed by atoms with van der Waals surface area (Å²) >= 11 is 0. The van der Waals surface area contributed by atoms with E-state index in [0.29, 0.717) is 10.7 Å². The number of carbonyl (C=O) groups excluding carboxylic acids is 1. The van der Waals surface area contributed by atoms with Gasteiger partial charge in [0, 0.05) is 0 Å². The van der Waals surface area contributed by atoms with Crippen LogP contribution in [0.3, 0.4) is 0 Å². The monoisotopic (exact) mass is 325 g/mol. The van der Waals surface area contributed by atoms with Crippen LogP contribution in [0.1, 0.15) is 25.8 Å². The fourth-order valence-corrected chi connectivity index (χ4v) is 3.85. The fourth-order valence-electron chi connectivity index (χ4n) is 2.45. The molecule has 7 heteroatoms. The molecule has 6 nitrogen and oxygen atoms in total. The molecule has 1 atom stereocenters. The van der Waals surface area contributed by atoms with Gasteiger partial charge in [0.2, 0.25) is 0 Å². The lowest BCUT2D eigenvalue weighted by Gasteiger charge is -2.30. The summed E-state index contributed by atoms with van der Waals surface area (Å²) in [4.78, 5) is 12.2. The number of hydrogen-bond donors (Lipinski definition) is 0. The van der Waals surface area contributed by atoms with Gasteiger partial charge in [0.25, 0.3) is 0 Å². The molecule has 0 N–H and O–H groups in total. The van der Waals surface area contributed by atoms with Gasteiger partial charge in [-0.2, -0.15) is 12.7 Å². The van der Waals surface area contributed by atoms with Crippen LogP contribution in [0.25, 0.3) is 0 Å². The van der Waals surface area contributed by atoms with Crippen LogP contribution in [0.2, 0.25) is 0 Å². The van der Waals surface area contributed by atoms with E-state index in [0.717, 1.165) is 11.1 Å². The van der Waals surface area contributed by atoms with Gasteiger partial charge in [-0.1, -0.05) is 35.9 Å². The summed E-state index contributed by atoms with van der Waals surface area (Å²) in [5.74, 6) is 0. The van der Waals surface area contributed by atoms with Crippen molar-refractivity contribution in [1.29, 1.82) is 0 Å².